The van der Waals surface area contributed by atoms with Gasteiger partial charge in [0.2, 0.25) is 0 Å². The van der Waals surface area contributed by atoms with Crippen molar-refractivity contribution in [2.45, 2.75) is 0 Å². The monoisotopic (exact) mass is 309 g/mol. The number of rotatable bonds is 5. The SMILES string of the molecule is C=CC(Cl)=Nc1ccc(C=C)cc1C(=C)c1cccc(O)c1. The number of allylic oxidation sites excluding steroid dienone is 1. The molecule has 0 aliphatic heterocycles. The zero-order valence-electron chi connectivity index (χ0n) is 12.1. The number of aromatic hydroxyl groups is 1. The van der Waals surface area contributed by atoms with Gasteiger partial charge in [0.1, 0.15) is 10.9 Å². The Hall–Kier alpha value is -2.58. The second-order valence-corrected chi connectivity index (χ2v) is 5.04. The van der Waals surface area contributed by atoms with Crippen molar-refractivity contribution >= 4 is 34.1 Å². The van der Waals surface area contributed by atoms with E-state index in [4.69, 9.17) is 11.6 Å². The number of aliphatic imine (C=N–C) groups is 1. The van der Waals surface area contributed by atoms with Crippen molar-refractivity contribution in [3.8, 4) is 5.75 Å². The van der Waals surface area contributed by atoms with Crippen LogP contribution in [0.5, 0.6) is 5.75 Å². The minimum Gasteiger partial charge on any atom is -0.508 e. The summed E-state index contributed by atoms with van der Waals surface area (Å²) < 4.78 is 0. The number of hydrogen-bond acceptors (Lipinski definition) is 2. The predicted octanol–water partition coefficient (Wildman–Crippen LogP) is 5.55. The molecule has 2 rings (SSSR count). The Kier molecular flexibility index (Phi) is 4.97. The lowest BCUT2D eigenvalue weighted by Gasteiger charge is -2.11. The van der Waals surface area contributed by atoms with Crippen molar-refractivity contribution < 1.29 is 5.11 Å². The van der Waals surface area contributed by atoms with Crippen LogP contribution in [0.3, 0.4) is 0 Å². The highest BCUT2D eigenvalue weighted by Gasteiger charge is 2.09. The lowest BCUT2D eigenvalue weighted by molar-refractivity contribution is 0.475. The first-order valence-corrected chi connectivity index (χ1v) is 7.04. The normalized spacial score (nSPS) is 11.0. The van der Waals surface area contributed by atoms with E-state index in [0.717, 1.165) is 22.3 Å². The molecule has 2 aromatic carbocycles. The summed E-state index contributed by atoms with van der Waals surface area (Å²) >= 11 is 5.96. The average Bonchev–Trinajstić information content (AvgIpc) is 2.54. The fraction of sp³-hybridized carbons (Fsp3) is 0. The highest BCUT2D eigenvalue weighted by Crippen LogP contribution is 2.33. The van der Waals surface area contributed by atoms with E-state index in [9.17, 15) is 5.11 Å². The molecule has 110 valence electrons. The second kappa shape index (κ2) is 6.92. The number of phenolic OH excluding ortho intramolecular Hbond substituents is 1. The van der Waals surface area contributed by atoms with Crippen LogP contribution in [0, 0.1) is 0 Å². The molecule has 3 heteroatoms. The molecule has 0 spiro atoms. The Morgan fingerprint density at radius 2 is 1.91 bits per heavy atom. The van der Waals surface area contributed by atoms with E-state index in [1.165, 1.54) is 6.08 Å². The van der Waals surface area contributed by atoms with Gasteiger partial charge in [-0.3, -0.25) is 0 Å². The molecule has 1 N–H and O–H groups in total. The minimum atomic E-state index is 0.188. The van der Waals surface area contributed by atoms with Gasteiger partial charge in [-0.15, -0.1) is 0 Å². The summed E-state index contributed by atoms with van der Waals surface area (Å²) in [6.45, 7) is 11.5. The summed E-state index contributed by atoms with van der Waals surface area (Å²) in [7, 11) is 0. The molecule has 0 unspecified atom stereocenters. The molecule has 0 atom stereocenters. The average molecular weight is 310 g/mol. The Balaban J connectivity index is 2.58. The summed E-state index contributed by atoms with van der Waals surface area (Å²) in [4.78, 5) is 4.33. The maximum atomic E-state index is 9.64. The van der Waals surface area contributed by atoms with Crippen molar-refractivity contribution in [1.82, 2.24) is 0 Å². The Labute approximate surface area is 135 Å². The molecule has 22 heavy (non-hydrogen) atoms. The molecule has 0 aliphatic rings. The highest BCUT2D eigenvalue weighted by atomic mass is 35.5. The number of halogens is 1. The van der Waals surface area contributed by atoms with Gasteiger partial charge in [-0.2, -0.15) is 0 Å². The van der Waals surface area contributed by atoms with Crippen LogP contribution in [0.2, 0.25) is 0 Å². The van der Waals surface area contributed by atoms with Gasteiger partial charge in [0.25, 0.3) is 0 Å². The van der Waals surface area contributed by atoms with E-state index in [1.54, 1.807) is 24.3 Å². The molecule has 2 nitrogen and oxygen atoms in total. The molecule has 0 saturated carbocycles. The third-order valence-corrected chi connectivity index (χ3v) is 3.41. The zero-order chi connectivity index (χ0) is 16.1. The Morgan fingerprint density at radius 1 is 1.14 bits per heavy atom. The molecular weight excluding hydrogens is 294 g/mol. The molecule has 0 heterocycles. The molecule has 0 aliphatic carbocycles. The summed E-state index contributed by atoms with van der Waals surface area (Å²) in [6, 6.07) is 12.6. The standard InChI is InChI=1S/C19H16ClNO/c1-4-14-9-10-18(21-19(20)5-2)17(11-14)13(3)15-7-6-8-16(22)12-15/h4-12,22H,1-3H2. The fourth-order valence-corrected chi connectivity index (χ4v) is 2.12. The van der Waals surface area contributed by atoms with Gasteiger partial charge in [-0.1, -0.05) is 55.6 Å². The van der Waals surface area contributed by atoms with Crippen LogP contribution in [-0.4, -0.2) is 10.3 Å². The second-order valence-electron chi connectivity index (χ2n) is 4.65. The molecule has 2 aromatic rings. The molecule has 0 saturated heterocycles. The smallest absolute Gasteiger partial charge is 0.129 e. The van der Waals surface area contributed by atoms with Gasteiger partial charge in [-0.05, 0) is 47.0 Å². The van der Waals surface area contributed by atoms with Crippen LogP contribution in [0.25, 0.3) is 11.6 Å². The first-order valence-electron chi connectivity index (χ1n) is 6.67. The maximum Gasteiger partial charge on any atom is 0.129 e. The number of phenols is 1. The van der Waals surface area contributed by atoms with Gasteiger partial charge in [0, 0.05) is 5.56 Å². The van der Waals surface area contributed by atoms with Crippen molar-refractivity contribution in [3.05, 3.63) is 85.0 Å². The van der Waals surface area contributed by atoms with Crippen molar-refractivity contribution in [2.24, 2.45) is 4.99 Å². The highest BCUT2D eigenvalue weighted by molar-refractivity contribution is 6.68. The van der Waals surface area contributed by atoms with Crippen LogP contribution in [0.15, 0.2) is 73.3 Å². The van der Waals surface area contributed by atoms with Gasteiger partial charge in [-0.25, -0.2) is 4.99 Å². The van der Waals surface area contributed by atoms with E-state index >= 15 is 0 Å². The van der Waals surface area contributed by atoms with E-state index in [0.29, 0.717) is 10.9 Å². The van der Waals surface area contributed by atoms with E-state index in [-0.39, 0.29) is 5.75 Å². The topological polar surface area (TPSA) is 32.6 Å². The zero-order valence-corrected chi connectivity index (χ0v) is 12.8. The number of benzene rings is 2. The van der Waals surface area contributed by atoms with Gasteiger partial charge >= 0.3 is 0 Å². The summed E-state index contributed by atoms with van der Waals surface area (Å²) in [5, 5.41) is 9.95. The van der Waals surface area contributed by atoms with Crippen molar-refractivity contribution in [2.75, 3.05) is 0 Å². The van der Waals surface area contributed by atoms with Crippen molar-refractivity contribution in [1.29, 1.82) is 0 Å². The molecule has 0 bridgehead atoms. The lowest BCUT2D eigenvalue weighted by Crippen LogP contribution is -1.90. The summed E-state index contributed by atoms with van der Waals surface area (Å²) in [5.41, 5.74) is 4.01. The molecule has 0 fully saturated rings. The number of hydrogen-bond donors (Lipinski definition) is 1. The minimum absolute atomic E-state index is 0.188. The van der Waals surface area contributed by atoms with Crippen LogP contribution in [0.1, 0.15) is 16.7 Å². The maximum absolute atomic E-state index is 9.64. The molecule has 0 radical (unpaired) electrons. The molecule has 0 amide bonds. The van der Waals surface area contributed by atoms with Crippen molar-refractivity contribution in [3.63, 3.8) is 0 Å². The van der Waals surface area contributed by atoms with E-state index in [2.05, 4.69) is 24.7 Å². The Morgan fingerprint density at radius 3 is 2.55 bits per heavy atom. The van der Waals surface area contributed by atoms with Crippen LogP contribution in [-0.2, 0) is 0 Å². The first kappa shape index (κ1) is 15.8. The van der Waals surface area contributed by atoms with Crippen LogP contribution in [0.4, 0.5) is 5.69 Å². The Bertz CT molecular complexity index is 775. The number of nitrogens with zero attached hydrogens (tertiary/aromatic N) is 1. The third-order valence-electron chi connectivity index (χ3n) is 3.17. The van der Waals surface area contributed by atoms with Crippen LogP contribution < -0.4 is 0 Å². The van der Waals surface area contributed by atoms with Gasteiger partial charge in [0.05, 0.1) is 5.69 Å². The lowest BCUT2D eigenvalue weighted by atomic mass is 9.96. The van der Waals surface area contributed by atoms with E-state index in [1.807, 2.05) is 24.3 Å². The van der Waals surface area contributed by atoms with E-state index < -0.39 is 0 Å². The third kappa shape index (κ3) is 3.54. The summed E-state index contributed by atoms with van der Waals surface area (Å²) in [5.74, 6) is 0.188. The van der Waals surface area contributed by atoms with Crippen LogP contribution >= 0.6 is 11.6 Å². The summed E-state index contributed by atoms with van der Waals surface area (Å²) in [6.07, 6.45) is 3.23. The van der Waals surface area contributed by atoms with Gasteiger partial charge < -0.3 is 5.11 Å². The van der Waals surface area contributed by atoms with Gasteiger partial charge in [0.15, 0.2) is 0 Å². The quantitative estimate of drug-likeness (QED) is 0.721. The largest absolute Gasteiger partial charge is 0.508 e. The molecule has 0 aromatic heterocycles. The fourth-order valence-electron chi connectivity index (χ4n) is 2.03. The predicted molar refractivity (Wildman–Crippen MR) is 95.9 cm³/mol. The molecular formula is C19H16ClNO. The first-order chi connectivity index (χ1) is 10.5.